The fourth-order valence-electron chi connectivity index (χ4n) is 2.03. The number of amides is 2. The van der Waals surface area contributed by atoms with Crippen LogP contribution in [0.25, 0.3) is 0 Å². The smallest absolute Gasteiger partial charge is 0.329 e. The molecule has 2 aromatic rings. The molecule has 0 aromatic heterocycles. The lowest BCUT2D eigenvalue weighted by molar-refractivity contribution is -0.136. The minimum Gasteiger partial charge on any atom is -0.493 e. The second-order valence-electron chi connectivity index (χ2n) is 5.14. The van der Waals surface area contributed by atoms with Crippen molar-refractivity contribution < 1.29 is 14.3 Å². The van der Waals surface area contributed by atoms with Crippen molar-refractivity contribution in [3.8, 4) is 5.75 Å². The molecule has 0 radical (unpaired) electrons. The average molecular weight is 404 g/mol. The Morgan fingerprint density at radius 1 is 1.20 bits per heavy atom. The maximum Gasteiger partial charge on any atom is 0.329 e. The van der Waals surface area contributed by atoms with E-state index in [-0.39, 0.29) is 0 Å². The molecule has 7 heteroatoms. The minimum absolute atomic E-state index is 0.508. The van der Waals surface area contributed by atoms with Crippen molar-refractivity contribution in [2.45, 2.75) is 13.8 Å². The van der Waals surface area contributed by atoms with E-state index < -0.39 is 11.8 Å². The zero-order valence-corrected chi connectivity index (χ0v) is 15.5. The molecule has 0 atom stereocenters. The van der Waals surface area contributed by atoms with Crippen LogP contribution in [0.4, 0.5) is 5.69 Å². The third-order valence-electron chi connectivity index (χ3n) is 3.12. The van der Waals surface area contributed by atoms with Gasteiger partial charge in [-0.05, 0) is 49.7 Å². The second-order valence-corrected chi connectivity index (χ2v) is 6.05. The highest BCUT2D eigenvalue weighted by atomic mass is 79.9. The van der Waals surface area contributed by atoms with Gasteiger partial charge in [-0.2, -0.15) is 5.10 Å². The van der Waals surface area contributed by atoms with Crippen molar-refractivity contribution in [1.29, 1.82) is 0 Å². The molecule has 2 N–H and O–H groups in total. The Kier molecular flexibility index (Phi) is 6.71. The van der Waals surface area contributed by atoms with Crippen molar-refractivity contribution >= 4 is 39.6 Å². The number of hydrogen-bond acceptors (Lipinski definition) is 4. The Morgan fingerprint density at radius 3 is 2.72 bits per heavy atom. The quantitative estimate of drug-likeness (QED) is 0.456. The van der Waals surface area contributed by atoms with Crippen molar-refractivity contribution in [3.05, 3.63) is 58.1 Å². The van der Waals surface area contributed by atoms with E-state index in [2.05, 4.69) is 31.8 Å². The van der Waals surface area contributed by atoms with Gasteiger partial charge in [-0.25, -0.2) is 5.43 Å². The molecule has 0 spiro atoms. The lowest BCUT2D eigenvalue weighted by atomic mass is 10.2. The van der Waals surface area contributed by atoms with Gasteiger partial charge in [0, 0.05) is 15.7 Å². The molecule has 2 aromatic carbocycles. The normalized spacial score (nSPS) is 10.5. The summed E-state index contributed by atoms with van der Waals surface area (Å²) in [5, 5.41) is 6.33. The first-order chi connectivity index (χ1) is 12.0. The van der Waals surface area contributed by atoms with Crippen molar-refractivity contribution in [3.63, 3.8) is 0 Å². The van der Waals surface area contributed by atoms with E-state index in [0.29, 0.717) is 23.6 Å². The SMILES string of the molecule is CCOc1ccc(Br)cc1/C=N\NC(=O)C(=O)Nc1cccc(C)c1. The largest absolute Gasteiger partial charge is 0.493 e. The predicted molar refractivity (Wildman–Crippen MR) is 101 cm³/mol. The summed E-state index contributed by atoms with van der Waals surface area (Å²) in [7, 11) is 0. The van der Waals surface area contributed by atoms with Crippen LogP contribution in [-0.2, 0) is 9.59 Å². The number of hydrazone groups is 1. The van der Waals surface area contributed by atoms with E-state index in [1.165, 1.54) is 6.21 Å². The van der Waals surface area contributed by atoms with Crippen LogP contribution in [0.1, 0.15) is 18.1 Å². The summed E-state index contributed by atoms with van der Waals surface area (Å²) in [6, 6.07) is 12.6. The Hall–Kier alpha value is -2.67. The highest BCUT2D eigenvalue weighted by Crippen LogP contribution is 2.21. The van der Waals surface area contributed by atoms with Crippen LogP contribution in [0.5, 0.6) is 5.75 Å². The van der Waals surface area contributed by atoms with E-state index in [4.69, 9.17) is 4.74 Å². The van der Waals surface area contributed by atoms with E-state index >= 15 is 0 Å². The number of nitrogens with zero attached hydrogens (tertiary/aromatic N) is 1. The summed E-state index contributed by atoms with van der Waals surface area (Å²) >= 11 is 3.37. The molecule has 0 fully saturated rings. The number of aryl methyl sites for hydroxylation is 1. The maximum absolute atomic E-state index is 11.9. The molecule has 0 saturated carbocycles. The number of halogens is 1. The standard InChI is InChI=1S/C18H18BrN3O3/c1-3-25-16-8-7-14(19)10-13(16)11-20-22-18(24)17(23)21-15-6-4-5-12(2)9-15/h4-11H,3H2,1-2H3,(H,21,23)(H,22,24)/b20-11-. The summed E-state index contributed by atoms with van der Waals surface area (Å²) in [5.41, 5.74) is 4.41. The van der Waals surface area contributed by atoms with Gasteiger partial charge in [0.2, 0.25) is 0 Å². The Labute approximate surface area is 154 Å². The lowest BCUT2D eigenvalue weighted by Gasteiger charge is -2.07. The molecule has 130 valence electrons. The van der Waals surface area contributed by atoms with Crippen molar-refractivity contribution in [2.24, 2.45) is 5.10 Å². The molecule has 6 nitrogen and oxygen atoms in total. The maximum atomic E-state index is 11.9. The molecule has 0 aliphatic rings. The van der Waals surface area contributed by atoms with Crippen LogP contribution in [0.2, 0.25) is 0 Å². The Bertz CT molecular complexity index is 806. The monoisotopic (exact) mass is 403 g/mol. The van der Waals surface area contributed by atoms with E-state index in [1.807, 2.05) is 26.0 Å². The molecule has 2 rings (SSSR count). The van der Waals surface area contributed by atoms with Crippen LogP contribution in [0.15, 0.2) is 52.0 Å². The molecule has 0 aliphatic heterocycles. The molecule has 2 amide bonds. The average Bonchev–Trinajstić information content (AvgIpc) is 2.57. The molecular weight excluding hydrogens is 386 g/mol. The molecule has 25 heavy (non-hydrogen) atoms. The summed E-state index contributed by atoms with van der Waals surface area (Å²) in [6.07, 6.45) is 1.42. The molecule has 0 heterocycles. The summed E-state index contributed by atoms with van der Waals surface area (Å²) in [4.78, 5) is 23.7. The Morgan fingerprint density at radius 2 is 2.00 bits per heavy atom. The number of hydrogen-bond donors (Lipinski definition) is 2. The van der Waals surface area contributed by atoms with E-state index in [1.54, 1.807) is 30.3 Å². The topological polar surface area (TPSA) is 79.8 Å². The van der Waals surface area contributed by atoms with Crippen LogP contribution < -0.4 is 15.5 Å². The first kappa shape index (κ1) is 18.7. The van der Waals surface area contributed by atoms with Gasteiger partial charge in [-0.15, -0.1) is 0 Å². The second kappa shape index (κ2) is 8.98. The lowest BCUT2D eigenvalue weighted by Crippen LogP contribution is -2.32. The van der Waals surface area contributed by atoms with Gasteiger partial charge in [0.1, 0.15) is 5.75 Å². The zero-order valence-electron chi connectivity index (χ0n) is 13.9. The first-order valence-electron chi connectivity index (χ1n) is 7.63. The number of ether oxygens (including phenoxy) is 1. The molecule has 0 saturated heterocycles. The fraction of sp³-hybridized carbons (Fsp3) is 0.167. The fourth-order valence-corrected chi connectivity index (χ4v) is 2.41. The van der Waals surface area contributed by atoms with E-state index in [0.717, 1.165) is 10.0 Å². The number of benzene rings is 2. The first-order valence-corrected chi connectivity index (χ1v) is 8.42. The van der Waals surface area contributed by atoms with Crippen molar-refractivity contribution in [2.75, 3.05) is 11.9 Å². The van der Waals surface area contributed by atoms with Gasteiger partial charge in [-0.1, -0.05) is 28.1 Å². The van der Waals surface area contributed by atoms with Gasteiger partial charge in [0.25, 0.3) is 0 Å². The summed E-state index contributed by atoms with van der Waals surface area (Å²) < 4.78 is 6.33. The molecule has 0 bridgehead atoms. The van der Waals surface area contributed by atoms with Gasteiger partial charge < -0.3 is 10.1 Å². The van der Waals surface area contributed by atoms with Gasteiger partial charge >= 0.3 is 11.8 Å². The number of carbonyl (C=O) groups is 2. The highest BCUT2D eigenvalue weighted by Gasteiger charge is 2.13. The number of rotatable bonds is 5. The number of nitrogens with one attached hydrogen (secondary N) is 2. The Balaban J connectivity index is 1.98. The predicted octanol–water partition coefficient (Wildman–Crippen LogP) is 3.25. The van der Waals surface area contributed by atoms with Gasteiger partial charge in [0.05, 0.1) is 12.8 Å². The summed E-state index contributed by atoms with van der Waals surface area (Å²) in [5.74, 6) is -1.01. The summed E-state index contributed by atoms with van der Waals surface area (Å²) in [6.45, 7) is 4.28. The van der Waals surface area contributed by atoms with Crippen LogP contribution in [0, 0.1) is 6.92 Å². The van der Waals surface area contributed by atoms with Crippen molar-refractivity contribution in [1.82, 2.24) is 5.43 Å². The molecule has 0 aliphatic carbocycles. The zero-order chi connectivity index (χ0) is 18.2. The van der Waals surface area contributed by atoms with Crippen LogP contribution in [-0.4, -0.2) is 24.6 Å². The van der Waals surface area contributed by atoms with E-state index in [9.17, 15) is 9.59 Å². The van der Waals surface area contributed by atoms with Crippen LogP contribution >= 0.6 is 15.9 Å². The third-order valence-corrected chi connectivity index (χ3v) is 3.62. The number of carbonyl (C=O) groups excluding carboxylic acids is 2. The minimum atomic E-state index is -0.856. The van der Waals surface area contributed by atoms with Gasteiger partial charge in [-0.3, -0.25) is 9.59 Å². The number of anilines is 1. The van der Waals surface area contributed by atoms with Gasteiger partial charge in [0.15, 0.2) is 0 Å². The molecule has 0 unspecified atom stereocenters. The third kappa shape index (κ3) is 5.72. The highest BCUT2D eigenvalue weighted by molar-refractivity contribution is 9.10. The van der Waals surface area contributed by atoms with Crippen LogP contribution in [0.3, 0.4) is 0 Å². The molecular formula is C18H18BrN3O3.